The zero-order valence-corrected chi connectivity index (χ0v) is 16.3. The SMILES string of the molecule is C=CCC(O)(CC=C)CNC(=O)C[C@H]1C(=O)NCCN1Cc1ccc(F)c(F)c1. The molecule has 0 aliphatic carbocycles. The Kier molecular flexibility index (Phi) is 8.04. The van der Waals surface area contributed by atoms with E-state index in [2.05, 4.69) is 23.8 Å². The van der Waals surface area contributed by atoms with Gasteiger partial charge in [-0.1, -0.05) is 18.2 Å². The van der Waals surface area contributed by atoms with Gasteiger partial charge in [0.25, 0.3) is 0 Å². The van der Waals surface area contributed by atoms with Gasteiger partial charge in [-0.15, -0.1) is 13.2 Å². The van der Waals surface area contributed by atoms with Crippen molar-refractivity contribution in [3.05, 3.63) is 60.7 Å². The molecule has 1 aromatic rings. The maximum Gasteiger partial charge on any atom is 0.237 e. The molecule has 8 heteroatoms. The van der Waals surface area contributed by atoms with E-state index in [9.17, 15) is 23.5 Å². The van der Waals surface area contributed by atoms with Gasteiger partial charge in [0, 0.05) is 26.2 Å². The fraction of sp³-hybridized carbons (Fsp3) is 0.429. The molecule has 1 aliphatic rings. The first kappa shape index (κ1) is 22.7. The van der Waals surface area contributed by atoms with Crippen LogP contribution in [0.3, 0.4) is 0 Å². The predicted octanol–water partition coefficient (Wildman–Crippen LogP) is 1.65. The predicted molar refractivity (Wildman–Crippen MR) is 106 cm³/mol. The highest BCUT2D eigenvalue weighted by Crippen LogP contribution is 2.18. The van der Waals surface area contributed by atoms with Crippen LogP contribution in [0.4, 0.5) is 8.78 Å². The Labute approximate surface area is 169 Å². The number of carbonyl (C=O) groups excluding carboxylic acids is 2. The maximum atomic E-state index is 13.5. The summed E-state index contributed by atoms with van der Waals surface area (Å²) in [6, 6.07) is 2.83. The van der Waals surface area contributed by atoms with Crippen molar-refractivity contribution in [2.45, 2.75) is 37.5 Å². The number of piperazine rings is 1. The number of hydrogen-bond donors (Lipinski definition) is 3. The van der Waals surface area contributed by atoms with Crippen molar-refractivity contribution >= 4 is 11.8 Å². The third-order valence-corrected chi connectivity index (χ3v) is 4.85. The first-order valence-corrected chi connectivity index (χ1v) is 9.44. The Hall–Kier alpha value is -2.58. The number of hydrogen-bond acceptors (Lipinski definition) is 4. The van der Waals surface area contributed by atoms with Gasteiger partial charge in [-0.25, -0.2) is 8.78 Å². The van der Waals surface area contributed by atoms with E-state index in [0.29, 0.717) is 18.7 Å². The second-order valence-electron chi connectivity index (χ2n) is 7.22. The molecule has 0 unspecified atom stereocenters. The molecular weight excluding hydrogens is 380 g/mol. The van der Waals surface area contributed by atoms with Crippen LogP contribution in [0.2, 0.25) is 0 Å². The molecule has 2 rings (SSSR count). The maximum absolute atomic E-state index is 13.5. The fourth-order valence-corrected chi connectivity index (χ4v) is 3.32. The zero-order chi connectivity index (χ0) is 21.4. The van der Waals surface area contributed by atoms with Gasteiger partial charge in [0.1, 0.15) is 0 Å². The van der Waals surface area contributed by atoms with Crippen molar-refractivity contribution < 1.29 is 23.5 Å². The van der Waals surface area contributed by atoms with Gasteiger partial charge in [0.05, 0.1) is 18.1 Å². The minimum absolute atomic E-state index is 0.00137. The summed E-state index contributed by atoms with van der Waals surface area (Å²) in [6.07, 6.45) is 3.58. The van der Waals surface area contributed by atoms with Gasteiger partial charge < -0.3 is 15.7 Å². The summed E-state index contributed by atoms with van der Waals surface area (Å²) in [5.41, 5.74) is -0.672. The van der Waals surface area contributed by atoms with Crippen molar-refractivity contribution in [3.63, 3.8) is 0 Å². The molecule has 1 aromatic carbocycles. The number of nitrogens with one attached hydrogen (secondary N) is 2. The highest BCUT2D eigenvalue weighted by Gasteiger charge is 2.32. The first-order chi connectivity index (χ1) is 13.8. The summed E-state index contributed by atoms with van der Waals surface area (Å²) >= 11 is 0. The third kappa shape index (κ3) is 6.47. The van der Waals surface area contributed by atoms with Crippen LogP contribution in [0.5, 0.6) is 0 Å². The van der Waals surface area contributed by atoms with Crippen LogP contribution in [0.15, 0.2) is 43.5 Å². The molecule has 0 radical (unpaired) electrons. The molecule has 1 fully saturated rings. The zero-order valence-electron chi connectivity index (χ0n) is 16.3. The minimum Gasteiger partial charge on any atom is -0.387 e. The number of rotatable bonds is 10. The minimum atomic E-state index is -1.18. The molecular formula is C21H27F2N3O3. The van der Waals surface area contributed by atoms with Crippen LogP contribution in [0, 0.1) is 11.6 Å². The number of amides is 2. The summed E-state index contributed by atoms with van der Waals surface area (Å²) in [4.78, 5) is 26.5. The fourth-order valence-electron chi connectivity index (χ4n) is 3.32. The van der Waals surface area contributed by atoms with Crippen LogP contribution >= 0.6 is 0 Å². The van der Waals surface area contributed by atoms with Gasteiger partial charge in [0.15, 0.2) is 11.6 Å². The summed E-state index contributed by atoms with van der Waals surface area (Å²) in [6.45, 7) is 8.29. The lowest BCUT2D eigenvalue weighted by atomic mass is 9.95. The lowest BCUT2D eigenvalue weighted by Crippen LogP contribution is -2.56. The van der Waals surface area contributed by atoms with Gasteiger partial charge in [0.2, 0.25) is 11.8 Å². The van der Waals surface area contributed by atoms with Gasteiger partial charge in [-0.2, -0.15) is 0 Å². The van der Waals surface area contributed by atoms with E-state index < -0.39 is 29.2 Å². The van der Waals surface area contributed by atoms with Crippen LogP contribution < -0.4 is 10.6 Å². The standard InChI is InChI=1S/C21H27F2N3O3/c1-3-7-21(29,8-4-2)14-25-19(27)12-18-20(28)24-9-10-26(18)13-15-5-6-16(22)17(23)11-15/h3-6,11,18,29H,1-2,7-10,12-14H2,(H,24,28)(H,25,27)/t18-/m0/s1. The quantitative estimate of drug-likeness (QED) is 0.515. The van der Waals surface area contributed by atoms with Crippen molar-refractivity contribution in [3.8, 4) is 0 Å². The van der Waals surface area contributed by atoms with Crippen molar-refractivity contribution in [2.75, 3.05) is 19.6 Å². The molecule has 1 atom stereocenters. The van der Waals surface area contributed by atoms with Gasteiger partial charge >= 0.3 is 0 Å². The molecule has 29 heavy (non-hydrogen) atoms. The van der Waals surface area contributed by atoms with E-state index in [1.54, 1.807) is 17.1 Å². The summed E-state index contributed by atoms with van der Waals surface area (Å²) in [7, 11) is 0. The molecule has 0 saturated carbocycles. The molecule has 3 N–H and O–H groups in total. The second-order valence-corrected chi connectivity index (χ2v) is 7.22. The van der Waals surface area contributed by atoms with Crippen molar-refractivity contribution in [1.29, 1.82) is 0 Å². The Morgan fingerprint density at radius 1 is 1.31 bits per heavy atom. The molecule has 1 saturated heterocycles. The Morgan fingerprint density at radius 2 is 2.00 bits per heavy atom. The van der Waals surface area contributed by atoms with Gasteiger partial charge in [-0.05, 0) is 30.5 Å². The van der Waals surface area contributed by atoms with Crippen molar-refractivity contribution in [1.82, 2.24) is 15.5 Å². The summed E-state index contributed by atoms with van der Waals surface area (Å²) in [5.74, 6) is -2.59. The number of halogens is 2. The third-order valence-electron chi connectivity index (χ3n) is 4.85. The van der Waals surface area contributed by atoms with Crippen LogP contribution in [0.1, 0.15) is 24.8 Å². The van der Waals surface area contributed by atoms with Crippen LogP contribution in [0.25, 0.3) is 0 Å². The molecule has 1 heterocycles. The monoisotopic (exact) mass is 407 g/mol. The van der Waals surface area contributed by atoms with E-state index in [4.69, 9.17) is 0 Å². The molecule has 6 nitrogen and oxygen atoms in total. The highest BCUT2D eigenvalue weighted by atomic mass is 19.2. The van der Waals surface area contributed by atoms with E-state index in [-0.39, 0.29) is 38.3 Å². The normalized spacial score (nSPS) is 17.5. The number of nitrogens with zero attached hydrogens (tertiary/aromatic N) is 1. The smallest absolute Gasteiger partial charge is 0.237 e. The summed E-state index contributed by atoms with van der Waals surface area (Å²) in [5, 5.41) is 15.9. The lowest BCUT2D eigenvalue weighted by Gasteiger charge is -2.35. The average molecular weight is 407 g/mol. The summed E-state index contributed by atoms with van der Waals surface area (Å²) < 4.78 is 26.6. The van der Waals surface area contributed by atoms with E-state index in [1.807, 2.05) is 0 Å². The van der Waals surface area contributed by atoms with E-state index in [0.717, 1.165) is 12.1 Å². The van der Waals surface area contributed by atoms with Crippen LogP contribution in [-0.2, 0) is 16.1 Å². The first-order valence-electron chi connectivity index (χ1n) is 9.44. The molecule has 0 bridgehead atoms. The Morgan fingerprint density at radius 3 is 2.62 bits per heavy atom. The van der Waals surface area contributed by atoms with E-state index >= 15 is 0 Å². The Bertz CT molecular complexity index is 760. The molecule has 0 spiro atoms. The number of benzene rings is 1. The van der Waals surface area contributed by atoms with Crippen LogP contribution in [-0.4, -0.2) is 53.1 Å². The molecule has 1 aliphatic heterocycles. The van der Waals surface area contributed by atoms with Gasteiger partial charge in [-0.3, -0.25) is 14.5 Å². The molecule has 2 amide bonds. The highest BCUT2D eigenvalue weighted by molar-refractivity contribution is 5.88. The number of aliphatic hydroxyl groups is 1. The van der Waals surface area contributed by atoms with Crippen molar-refractivity contribution in [2.24, 2.45) is 0 Å². The number of carbonyl (C=O) groups is 2. The molecule has 0 aromatic heterocycles. The second kappa shape index (κ2) is 10.3. The molecule has 158 valence electrons. The lowest BCUT2D eigenvalue weighted by molar-refractivity contribution is -0.134. The largest absolute Gasteiger partial charge is 0.387 e. The van der Waals surface area contributed by atoms with E-state index in [1.165, 1.54) is 6.07 Å². The average Bonchev–Trinajstić information content (AvgIpc) is 2.66. The topological polar surface area (TPSA) is 81.7 Å². The Balaban J connectivity index is 2.01.